The third-order valence-corrected chi connectivity index (χ3v) is 4.05. The summed E-state index contributed by atoms with van der Waals surface area (Å²) in [5, 5.41) is 3.19. The number of alkyl halides is 3. The van der Waals surface area contributed by atoms with Crippen LogP contribution >= 0.6 is 11.6 Å². The van der Waals surface area contributed by atoms with Gasteiger partial charge in [0, 0.05) is 33.1 Å². The Balaban J connectivity index is 1.83. The maximum absolute atomic E-state index is 13.1. The number of benzene rings is 1. The SMILES string of the molecule is CN(C)c1cc(C(F)(F)F)nc(NCc2cc(Cl)c3c(c2)OCCCO3)n1. The van der Waals surface area contributed by atoms with Gasteiger partial charge in [0.05, 0.1) is 18.2 Å². The van der Waals surface area contributed by atoms with Gasteiger partial charge in [-0.15, -0.1) is 0 Å². The van der Waals surface area contributed by atoms with E-state index in [-0.39, 0.29) is 18.3 Å². The van der Waals surface area contributed by atoms with Crippen LogP contribution in [0.2, 0.25) is 5.02 Å². The van der Waals surface area contributed by atoms with Crippen molar-refractivity contribution >= 4 is 23.4 Å². The third-order valence-electron chi connectivity index (χ3n) is 3.77. The molecule has 146 valence electrons. The smallest absolute Gasteiger partial charge is 0.433 e. The van der Waals surface area contributed by atoms with Crippen LogP contribution in [0.4, 0.5) is 24.9 Å². The third kappa shape index (κ3) is 4.65. The molecule has 6 nitrogen and oxygen atoms in total. The van der Waals surface area contributed by atoms with E-state index < -0.39 is 11.9 Å². The minimum Gasteiger partial charge on any atom is -0.489 e. The van der Waals surface area contributed by atoms with Crippen LogP contribution in [0, 0.1) is 0 Å². The van der Waals surface area contributed by atoms with Crippen molar-refractivity contribution in [2.24, 2.45) is 0 Å². The van der Waals surface area contributed by atoms with Crippen molar-refractivity contribution in [2.45, 2.75) is 19.1 Å². The van der Waals surface area contributed by atoms with Gasteiger partial charge in [0.25, 0.3) is 0 Å². The van der Waals surface area contributed by atoms with Gasteiger partial charge in [-0.2, -0.15) is 18.2 Å². The van der Waals surface area contributed by atoms with Crippen molar-refractivity contribution in [1.29, 1.82) is 0 Å². The molecule has 0 unspecified atom stereocenters. The van der Waals surface area contributed by atoms with Crippen LogP contribution in [0.5, 0.6) is 11.5 Å². The highest BCUT2D eigenvalue weighted by Gasteiger charge is 2.34. The zero-order chi connectivity index (χ0) is 19.6. The van der Waals surface area contributed by atoms with E-state index >= 15 is 0 Å². The Labute approximate surface area is 159 Å². The summed E-state index contributed by atoms with van der Waals surface area (Å²) in [5.41, 5.74) is -0.308. The molecule has 1 aromatic carbocycles. The molecule has 27 heavy (non-hydrogen) atoms. The van der Waals surface area contributed by atoms with Gasteiger partial charge in [0.2, 0.25) is 5.95 Å². The van der Waals surface area contributed by atoms with E-state index in [1.54, 1.807) is 26.2 Å². The van der Waals surface area contributed by atoms with E-state index in [0.717, 1.165) is 12.5 Å². The first-order valence-corrected chi connectivity index (χ1v) is 8.57. The first-order chi connectivity index (χ1) is 12.7. The fourth-order valence-electron chi connectivity index (χ4n) is 2.46. The number of halogens is 4. The molecule has 0 aliphatic carbocycles. The molecule has 2 aromatic rings. The van der Waals surface area contributed by atoms with Crippen LogP contribution in [-0.2, 0) is 12.7 Å². The fraction of sp³-hybridized carbons (Fsp3) is 0.412. The summed E-state index contributed by atoms with van der Waals surface area (Å²) in [6, 6.07) is 4.30. The number of aromatic nitrogens is 2. The fourth-order valence-corrected chi connectivity index (χ4v) is 2.74. The lowest BCUT2D eigenvalue weighted by Gasteiger charge is -2.16. The predicted molar refractivity (Wildman–Crippen MR) is 95.7 cm³/mol. The van der Waals surface area contributed by atoms with Crippen molar-refractivity contribution in [3.05, 3.63) is 34.5 Å². The number of hydrogen-bond acceptors (Lipinski definition) is 6. The van der Waals surface area contributed by atoms with E-state index in [9.17, 15) is 13.2 Å². The van der Waals surface area contributed by atoms with Gasteiger partial charge in [0.1, 0.15) is 5.82 Å². The monoisotopic (exact) mass is 402 g/mol. The van der Waals surface area contributed by atoms with E-state index in [4.69, 9.17) is 21.1 Å². The van der Waals surface area contributed by atoms with Gasteiger partial charge in [-0.05, 0) is 17.7 Å². The normalized spacial score (nSPS) is 13.9. The number of nitrogens with zero attached hydrogens (tertiary/aromatic N) is 3. The summed E-state index contributed by atoms with van der Waals surface area (Å²) < 4.78 is 50.4. The Morgan fingerprint density at radius 2 is 1.89 bits per heavy atom. The van der Waals surface area contributed by atoms with Crippen LogP contribution in [-0.4, -0.2) is 37.3 Å². The molecule has 10 heteroatoms. The van der Waals surface area contributed by atoms with Gasteiger partial charge in [-0.1, -0.05) is 11.6 Å². The average Bonchev–Trinajstić information content (AvgIpc) is 2.85. The molecular formula is C17H18ClF3N4O2. The van der Waals surface area contributed by atoms with Crippen LogP contribution in [0.1, 0.15) is 17.7 Å². The van der Waals surface area contributed by atoms with Crippen molar-refractivity contribution in [3.8, 4) is 11.5 Å². The van der Waals surface area contributed by atoms with Crippen LogP contribution in [0.25, 0.3) is 0 Å². The molecular weight excluding hydrogens is 385 g/mol. The van der Waals surface area contributed by atoms with Gasteiger partial charge >= 0.3 is 6.18 Å². The summed E-state index contributed by atoms with van der Waals surface area (Å²) in [6.45, 7) is 1.18. The lowest BCUT2D eigenvalue weighted by molar-refractivity contribution is -0.141. The minimum atomic E-state index is -4.57. The largest absolute Gasteiger partial charge is 0.489 e. The highest BCUT2D eigenvalue weighted by atomic mass is 35.5. The molecule has 3 rings (SSSR count). The molecule has 0 radical (unpaired) electrons. The number of anilines is 2. The highest BCUT2D eigenvalue weighted by molar-refractivity contribution is 6.32. The van der Waals surface area contributed by atoms with Crippen molar-refractivity contribution < 1.29 is 22.6 Å². The molecule has 1 aliphatic rings. The van der Waals surface area contributed by atoms with Crippen molar-refractivity contribution in [2.75, 3.05) is 37.5 Å². The number of hydrogen-bond donors (Lipinski definition) is 1. The molecule has 1 aliphatic heterocycles. The van der Waals surface area contributed by atoms with Crippen LogP contribution < -0.4 is 19.7 Å². The quantitative estimate of drug-likeness (QED) is 0.834. The molecule has 0 saturated carbocycles. The van der Waals surface area contributed by atoms with Gasteiger partial charge in [-0.25, -0.2) is 4.98 Å². The van der Waals surface area contributed by atoms with E-state index in [2.05, 4.69) is 15.3 Å². The average molecular weight is 403 g/mol. The number of rotatable bonds is 4. The first kappa shape index (κ1) is 19.3. The summed E-state index contributed by atoms with van der Waals surface area (Å²) >= 11 is 6.23. The summed E-state index contributed by atoms with van der Waals surface area (Å²) in [7, 11) is 3.21. The lowest BCUT2D eigenvalue weighted by atomic mass is 10.2. The van der Waals surface area contributed by atoms with Gasteiger partial charge in [-0.3, -0.25) is 0 Å². The molecule has 0 fully saturated rings. The maximum atomic E-state index is 13.1. The summed E-state index contributed by atoms with van der Waals surface area (Å²) in [4.78, 5) is 9.14. The second kappa shape index (κ2) is 7.67. The van der Waals surface area contributed by atoms with Crippen LogP contribution in [0.15, 0.2) is 18.2 Å². The second-order valence-electron chi connectivity index (χ2n) is 6.14. The second-order valence-corrected chi connectivity index (χ2v) is 6.54. The standard InChI is InChI=1S/C17H18ClF3N4O2/c1-25(2)14-8-13(17(19,20)21)23-16(24-14)22-9-10-6-11(18)15-12(7-10)26-4-3-5-27-15/h6-8H,3-5,9H2,1-2H3,(H,22,23,24). The minimum absolute atomic E-state index is 0.128. The van der Waals surface area contributed by atoms with E-state index in [0.29, 0.717) is 35.3 Å². The molecule has 2 heterocycles. The zero-order valence-electron chi connectivity index (χ0n) is 14.7. The molecule has 1 aromatic heterocycles. The molecule has 0 atom stereocenters. The Morgan fingerprint density at radius 3 is 2.59 bits per heavy atom. The van der Waals surface area contributed by atoms with Gasteiger partial charge < -0.3 is 19.7 Å². The number of ether oxygens (including phenoxy) is 2. The Kier molecular flexibility index (Phi) is 5.50. The predicted octanol–water partition coefficient (Wildman–Crippen LogP) is 3.99. The first-order valence-electron chi connectivity index (χ1n) is 8.19. The molecule has 0 saturated heterocycles. The topological polar surface area (TPSA) is 59.5 Å². The van der Waals surface area contributed by atoms with E-state index in [1.165, 1.54) is 4.90 Å². The zero-order valence-corrected chi connectivity index (χ0v) is 15.5. The number of fused-ring (bicyclic) bond motifs is 1. The number of nitrogens with one attached hydrogen (secondary N) is 1. The van der Waals surface area contributed by atoms with Crippen molar-refractivity contribution in [1.82, 2.24) is 9.97 Å². The van der Waals surface area contributed by atoms with E-state index in [1.807, 2.05) is 0 Å². The molecule has 1 N–H and O–H groups in total. The Hall–Kier alpha value is -2.42. The summed E-state index contributed by atoms with van der Waals surface area (Å²) in [6.07, 6.45) is -3.83. The lowest BCUT2D eigenvalue weighted by Crippen LogP contribution is -2.17. The molecule has 0 bridgehead atoms. The maximum Gasteiger partial charge on any atom is 0.433 e. The van der Waals surface area contributed by atoms with Gasteiger partial charge in [0.15, 0.2) is 17.2 Å². The van der Waals surface area contributed by atoms with Crippen LogP contribution in [0.3, 0.4) is 0 Å². The summed E-state index contributed by atoms with van der Waals surface area (Å²) in [5.74, 6) is 1.01. The molecule has 0 spiro atoms. The molecule has 0 amide bonds. The Morgan fingerprint density at radius 1 is 1.15 bits per heavy atom. The Bertz CT molecular complexity index is 831. The highest BCUT2D eigenvalue weighted by Crippen LogP contribution is 2.38. The van der Waals surface area contributed by atoms with Crippen molar-refractivity contribution in [3.63, 3.8) is 0 Å².